The fourth-order valence-corrected chi connectivity index (χ4v) is 4.49. The molecule has 0 amide bonds. The van der Waals surface area contributed by atoms with Crippen molar-refractivity contribution in [3.8, 4) is 0 Å². The molecule has 0 saturated carbocycles. The first kappa shape index (κ1) is 28.6. The predicted molar refractivity (Wildman–Crippen MR) is 85.1 cm³/mol. The van der Waals surface area contributed by atoms with E-state index in [1.807, 2.05) is 0 Å². The van der Waals surface area contributed by atoms with E-state index in [-0.39, 0.29) is 53.9 Å². The maximum Gasteiger partial charge on any atom is 1.00 e. The molecule has 0 radical (unpaired) electrons. The largest absolute Gasteiger partial charge is 1.00 e. The summed E-state index contributed by atoms with van der Waals surface area (Å²) in [6.45, 7) is 0. The third kappa shape index (κ3) is 7.97. The molecule has 0 aromatic heterocycles. The Morgan fingerprint density at radius 1 is 0.897 bits per heavy atom. The van der Waals surface area contributed by atoms with Crippen LogP contribution in [-0.4, -0.2) is 21.4 Å². The standard InChI is InChI=1S/C14H12F2O8S3.2Li/c15-13-3-1-11(5-9(13)7-25-24-23-17)27(21,22)12-2-4-14(16)10(6-12)8-26(18,19)20;;/h1-6,17H,7-8H2,(H,18,19,20);;/q;2*+1/p-2. The van der Waals surface area contributed by atoms with Gasteiger partial charge in [-0.1, -0.05) is 0 Å². The number of halogens is 2. The molecule has 0 atom stereocenters. The summed E-state index contributed by atoms with van der Waals surface area (Å²) in [7, 11) is -9.12. The Morgan fingerprint density at radius 2 is 1.38 bits per heavy atom. The molecule has 0 bridgehead atoms. The van der Waals surface area contributed by atoms with Crippen LogP contribution in [0.15, 0.2) is 46.2 Å². The van der Waals surface area contributed by atoms with E-state index in [2.05, 4.69) is 9.37 Å². The van der Waals surface area contributed by atoms with Gasteiger partial charge in [-0.05, 0) is 36.4 Å². The van der Waals surface area contributed by atoms with Crippen LogP contribution in [-0.2, 0) is 40.8 Å². The van der Waals surface area contributed by atoms with Crippen molar-refractivity contribution in [1.82, 2.24) is 0 Å². The van der Waals surface area contributed by atoms with E-state index in [4.69, 9.17) is 0 Å². The van der Waals surface area contributed by atoms with Crippen molar-refractivity contribution in [2.45, 2.75) is 21.3 Å². The van der Waals surface area contributed by atoms with Gasteiger partial charge < -0.3 is 9.81 Å². The zero-order valence-corrected chi connectivity index (χ0v) is 17.6. The van der Waals surface area contributed by atoms with Crippen LogP contribution in [0.2, 0.25) is 0 Å². The topological polar surface area (TPSA) is 133 Å². The van der Waals surface area contributed by atoms with Crippen LogP contribution in [0.25, 0.3) is 0 Å². The molecule has 2 aromatic rings. The molecule has 8 nitrogen and oxygen atoms in total. The minimum atomic E-state index is -4.84. The molecule has 29 heavy (non-hydrogen) atoms. The first-order valence-electron chi connectivity index (χ1n) is 6.88. The minimum absolute atomic E-state index is 0. The van der Waals surface area contributed by atoms with Gasteiger partial charge in [0.25, 0.3) is 0 Å². The maximum atomic E-state index is 13.8. The van der Waals surface area contributed by atoms with Crippen molar-refractivity contribution in [1.29, 1.82) is 0 Å². The second-order valence-electron chi connectivity index (χ2n) is 5.11. The van der Waals surface area contributed by atoms with Crippen LogP contribution in [0.3, 0.4) is 0 Å². The minimum Gasteiger partial charge on any atom is -0.748 e. The molecule has 0 unspecified atom stereocenters. The Bertz CT molecular complexity index is 1050. The van der Waals surface area contributed by atoms with Gasteiger partial charge in [-0.25, -0.2) is 25.6 Å². The maximum absolute atomic E-state index is 13.8. The van der Waals surface area contributed by atoms with Gasteiger partial charge in [0.1, 0.15) is 11.6 Å². The van der Waals surface area contributed by atoms with Crippen molar-refractivity contribution < 1.29 is 82.5 Å². The zero-order chi connectivity index (χ0) is 20.2. The Labute approximate surface area is 194 Å². The summed E-state index contributed by atoms with van der Waals surface area (Å²) < 4.78 is 89.3. The van der Waals surface area contributed by atoms with E-state index in [0.717, 1.165) is 30.3 Å². The van der Waals surface area contributed by atoms with E-state index < -0.39 is 47.8 Å². The normalized spacial score (nSPS) is 11.4. The molecular weight excluding hydrogens is 444 g/mol. The van der Waals surface area contributed by atoms with Crippen LogP contribution in [0, 0.1) is 11.6 Å². The summed E-state index contributed by atoms with van der Waals surface area (Å²) in [5, 5.41) is 12.8. The van der Waals surface area contributed by atoms with Gasteiger partial charge in [-0.15, -0.1) is 0 Å². The van der Waals surface area contributed by atoms with Crippen molar-refractivity contribution in [3.05, 3.63) is 59.2 Å². The first-order chi connectivity index (χ1) is 12.5. The van der Waals surface area contributed by atoms with Crippen molar-refractivity contribution >= 4 is 32.0 Å². The molecular formula is C14H10F2Li2O8S3. The number of sulfone groups is 1. The van der Waals surface area contributed by atoms with Crippen molar-refractivity contribution in [3.63, 3.8) is 0 Å². The van der Waals surface area contributed by atoms with Crippen molar-refractivity contribution in [2.24, 2.45) is 0 Å². The summed E-state index contributed by atoms with van der Waals surface area (Å²) in [4.78, 5) is -0.850. The van der Waals surface area contributed by atoms with Gasteiger partial charge in [0.15, 0.2) is 0 Å². The number of hydrogen-bond acceptors (Lipinski definition) is 9. The number of hydrogen-bond donors (Lipinski definition) is 0. The average Bonchev–Trinajstić information content (AvgIpc) is 2.57. The predicted octanol–water partition coefficient (Wildman–Crippen LogP) is -4.78. The SMILES string of the molecule is O=S(=O)([O-])Cc1cc(S(=O)(=O)c2ccc(F)c(CSOO[O-])c2)ccc1F.[Li+].[Li+]. The Hall–Kier alpha value is -0.415. The first-order valence-corrected chi connectivity index (χ1v) is 10.9. The summed E-state index contributed by atoms with van der Waals surface area (Å²) in [5.41, 5.74) is -0.729. The van der Waals surface area contributed by atoms with E-state index in [1.165, 1.54) is 0 Å². The summed E-state index contributed by atoms with van der Waals surface area (Å²) >= 11 is 0.426. The monoisotopic (exact) mass is 454 g/mol. The van der Waals surface area contributed by atoms with E-state index in [9.17, 15) is 35.4 Å². The van der Waals surface area contributed by atoms with E-state index >= 15 is 0 Å². The van der Waals surface area contributed by atoms with Gasteiger partial charge in [0, 0.05) is 23.2 Å². The molecule has 0 heterocycles. The van der Waals surface area contributed by atoms with E-state index in [1.54, 1.807) is 0 Å². The average molecular weight is 454 g/mol. The molecule has 0 aliphatic carbocycles. The Morgan fingerprint density at radius 3 is 1.86 bits per heavy atom. The molecule has 0 aliphatic heterocycles. The second-order valence-corrected chi connectivity index (χ2v) is 9.12. The third-order valence-corrected chi connectivity index (χ3v) is 6.27. The Balaban J connectivity index is 0.00000392. The fraction of sp³-hybridized carbons (Fsp3) is 0.143. The van der Waals surface area contributed by atoms with Gasteiger partial charge in [-0.2, -0.15) is 4.33 Å². The smallest absolute Gasteiger partial charge is 0.748 e. The molecule has 2 rings (SSSR count). The van der Waals surface area contributed by atoms with Gasteiger partial charge >= 0.3 is 37.7 Å². The molecule has 0 spiro atoms. The molecule has 0 saturated heterocycles. The molecule has 0 N–H and O–H groups in total. The summed E-state index contributed by atoms with van der Waals surface area (Å²) in [6, 6.07) is 5.13. The number of rotatable bonds is 8. The fourth-order valence-electron chi connectivity index (χ4n) is 2.09. The molecule has 0 aliphatic rings. The summed E-state index contributed by atoms with van der Waals surface area (Å²) in [5.74, 6) is -3.30. The van der Waals surface area contributed by atoms with E-state index in [0.29, 0.717) is 18.1 Å². The second kappa shape index (κ2) is 11.8. The van der Waals surface area contributed by atoms with Crippen LogP contribution in [0.1, 0.15) is 11.1 Å². The molecule has 15 heteroatoms. The van der Waals surface area contributed by atoms with Crippen LogP contribution in [0.4, 0.5) is 8.78 Å². The van der Waals surface area contributed by atoms with Gasteiger partial charge in [0.2, 0.25) is 9.84 Å². The third-order valence-electron chi connectivity index (χ3n) is 3.28. The van der Waals surface area contributed by atoms with Gasteiger partial charge in [-0.3, -0.25) is 5.04 Å². The van der Waals surface area contributed by atoms with Gasteiger partial charge in [0.05, 0.1) is 31.4 Å². The number of benzene rings is 2. The summed E-state index contributed by atoms with van der Waals surface area (Å²) in [6.07, 6.45) is 0. The van der Waals surface area contributed by atoms with Crippen LogP contribution in [0.5, 0.6) is 0 Å². The van der Waals surface area contributed by atoms with Crippen LogP contribution >= 0.6 is 12.0 Å². The van der Waals surface area contributed by atoms with Crippen LogP contribution < -0.4 is 43.0 Å². The molecule has 148 valence electrons. The quantitative estimate of drug-likeness (QED) is 0.0733. The molecule has 2 aromatic carbocycles. The Kier molecular flexibility index (Phi) is 11.7. The molecule has 0 fully saturated rings. The zero-order valence-electron chi connectivity index (χ0n) is 15.1. The van der Waals surface area contributed by atoms with Crippen molar-refractivity contribution in [2.75, 3.05) is 0 Å².